The maximum absolute atomic E-state index is 11.8. The number of rotatable bonds is 7. The van der Waals surface area contributed by atoms with Crippen LogP contribution in [0.1, 0.15) is 40.5 Å². The van der Waals surface area contributed by atoms with E-state index in [4.69, 9.17) is 10.8 Å². The lowest BCUT2D eigenvalue weighted by molar-refractivity contribution is -0.143. The van der Waals surface area contributed by atoms with Crippen molar-refractivity contribution in [2.75, 3.05) is 6.54 Å². The van der Waals surface area contributed by atoms with Gasteiger partial charge < -0.3 is 16.2 Å². The molecular formula is C12H24N2O3. The fraction of sp³-hybridized carbons (Fsp3) is 0.833. The van der Waals surface area contributed by atoms with Crippen molar-refractivity contribution in [1.82, 2.24) is 5.32 Å². The molecule has 5 nitrogen and oxygen atoms in total. The van der Waals surface area contributed by atoms with E-state index in [2.05, 4.69) is 5.32 Å². The lowest BCUT2D eigenvalue weighted by Gasteiger charge is -2.24. The monoisotopic (exact) mass is 244 g/mol. The Balaban J connectivity index is 4.36. The van der Waals surface area contributed by atoms with Crippen LogP contribution in [0.25, 0.3) is 0 Å². The van der Waals surface area contributed by atoms with E-state index in [1.165, 1.54) is 0 Å². The zero-order valence-electron chi connectivity index (χ0n) is 11.1. The lowest BCUT2D eigenvalue weighted by Crippen LogP contribution is -2.53. The third kappa shape index (κ3) is 5.17. The van der Waals surface area contributed by atoms with Crippen LogP contribution in [0.15, 0.2) is 0 Å². The molecule has 0 aromatic rings. The van der Waals surface area contributed by atoms with Gasteiger partial charge in [-0.3, -0.25) is 9.59 Å². The number of carboxylic acid groups (broad SMARTS) is 1. The van der Waals surface area contributed by atoms with Gasteiger partial charge in [0, 0.05) is 6.54 Å². The highest BCUT2D eigenvalue weighted by Crippen LogP contribution is 2.12. The van der Waals surface area contributed by atoms with Gasteiger partial charge in [-0.15, -0.1) is 0 Å². The third-order valence-corrected chi connectivity index (χ3v) is 2.89. The normalized spacial score (nSPS) is 16.4. The Morgan fingerprint density at radius 3 is 2.29 bits per heavy atom. The molecule has 0 rings (SSSR count). The van der Waals surface area contributed by atoms with E-state index in [1.807, 2.05) is 20.8 Å². The topological polar surface area (TPSA) is 92.4 Å². The standard InChI is InChI=1S/C12H24N2O3/c1-5-6-12(4,13)11(17)14-7-9(8(2)3)10(15)16/h8-9H,5-7,13H2,1-4H3,(H,14,17)(H,15,16). The quantitative estimate of drug-likeness (QED) is 0.622. The first kappa shape index (κ1) is 15.9. The summed E-state index contributed by atoms with van der Waals surface area (Å²) in [6.45, 7) is 7.38. The van der Waals surface area contributed by atoms with Crippen molar-refractivity contribution in [2.45, 2.75) is 46.1 Å². The molecule has 0 saturated heterocycles. The predicted molar refractivity (Wildman–Crippen MR) is 66.5 cm³/mol. The molecule has 0 saturated carbocycles. The van der Waals surface area contributed by atoms with E-state index < -0.39 is 17.4 Å². The van der Waals surface area contributed by atoms with Crippen LogP contribution >= 0.6 is 0 Å². The van der Waals surface area contributed by atoms with E-state index in [0.29, 0.717) is 6.42 Å². The van der Waals surface area contributed by atoms with Crippen molar-refractivity contribution in [1.29, 1.82) is 0 Å². The number of carbonyl (C=O) groups excluding carboxylic acids is 1. The van der Waals surface area contributed by atoms with Gasteiger partial charge in [0.25, 0.3) is 0 Å². The molecule has 17 heavy (non-hydrogen) atoms. The van der Waals surface area contributed by atoms with Crippen molar-refractivity contribution < 1.29 is 14.7 Å². The molecule has 0 spiro atoms. The molecule has 2 unspecified atom stereocenters. The molecule has 0 heterocycles. The summed E-state index contributed by atoms with van der Waals surface area (Å²) in [6.07, 6.45) is 1.39. The average molecular weight is 244 g/mol. The Morgan fingerprint density at radius 1 is 1.41 bits per heavy atom. The molecule has 0 aromatic heterocycles. The summed E-state index contributed by atoms with van der Waals surface area (Å²) in [7, 11) is 0. The number of carbonyl (C=O) groups is 2. The second-order valence-corrected chi connectivity index (χ2v) is 5.07. The Labute approximate surface area is 103 Å². The average Bonchev–Trinajstić information content (AvgIpc) is 2.16. The predicted octanol–water partition coefficient (Wildman–Crippen LogP) is 0.977. The summed E-state index contributed by atoms with van der Waals surface area (Å²) in [6, 6.07) is 0. The number of nitrogens with two attached hydrogens (primary N) is 1. The van der Waals surface area contributed by atoms with Gasteiger partial charge >= 0.3 is 5.97 Å². The number of aliphatic carboxylic acids is 1. The number of hydrogen-bond donors (Lipinski definition) is 3. The summed E-state index contributed by atoms with van der Waals surface area (Å²) in [4.78, 5) is 22.7. The fourth-order valence-electron chi connectivity index (χ4n) is 1.65. The lowest BCUT2D eigenvalue weighted by atomic mass is 9.93. The van der Waals surface area contributed by atoms with Crippen LogP contribution < -0.4 is 11.1 Å². The van der Waals surface area contributed by atoms with Gasteiger partial charge in [-0.05, 0) is 19.3 Å². The zero-order chi connectivity index (χ0) is 13.6. The van der Waals surface area contributed by atoms with Crippen LogP contribution in [-0.4, -0.2) is 29.1 Å². The highest BCUT2D eigenvalue weighted by molar-refractivity contribution is 5.86. The van der Waals surface area contributed by atoms with Crippen LogP contribution in [0, 0.1) is 11.8 Å². The minimum absolute atomic E-state index is 0.0250. The number of carboxylic acids is 1. The molecule has 1 amide bonds. The fourth-order valence-corrected chi connectivity index (χ4v) is 1.65. The number of nitrogens with one attached hydrogen (secondary N) is 1. The second-order valence-electron chi connectivity index (χ2n) is 5.07. The SMILES string of the molecule is CCCC(C)(N)C(=O)NCC(C(=O)O)C(C)C. The number of amides is 1. The summed E-state index contributed by atoms with van der Waals surface area (Å²) >= 11 is 0. The van der Waals surface area contributed by atoms with Gasteiger partial charge in [-0.1, -0.05) is 27.2 Å². The van der Waals surface area contributed by atoms with E-state index in [-0.39, 0.29) is 18.4 Å². The van der Waals surface area contributed by atoms with E-state index in [0.717, 1.165) is 6.42 Å². The largest absolute Gasteiger partial charge is 0.481 e. The van der Waals surface area contributed by atoms with E-state index >= 15 is 0 Å². The highest BCUT2D eigenvalue weighted by atomic mass is 16.4. The van der Waals surface area contributed by atoms with Crippen LogP contribution in [-0.2, 0) is 9.59 Å². The van der Waals surface area contributed by atoms with Gasteiger partial charge in [-0.25, -0.2) is 0 Å². The van der Waals surface area contributed by atoms with Gasteiger partial charge in [0.15, 0.2) is 0 Å². The van der Waals surface area contributed by atoms with Gasteiger partial charge in [0.2, 0.25) is 5.91 Å². The molecule has 0 aliphatic carbocycles. The van der Waals surface area contributed by atoms with E-state index in [9.17, 15) is 9.59 Å². The third-order valence-electron chi connectivity index (χ3n) is 2.89. The molecular weight excluding hydrogens is 220 g/mol. The van der Waals surface area contributed by atoms with Crippen molar-refractivity contribution in [2.24, 2.45) is 17.6 Å². The summed E-state index contributed by atoms with van der Waals surface area (Å²) in [5.41, 5.74) is 4.93. The molecule has 0 aliphatic heterocycles. The molecule has 100 valence electrons. The maximum Gasteiger partial charge on any atom is 0.308 e. The van der Waals surface area contributed by atoms with Crippen molar-refractivity contribution in [3.8, 4) is 0 Å². The van der Waals surface area contributed by atoms with Crippen LogP contribution in [0.5, 0.6) is 0 Å². The van der Waals surface area contributed by atoms with Crippen molar-refractivity contribution >= 4 is 11.9 Å². The Hall–Kier alpha value is -1.10. The van der Waals surface area contributed by atoms with Crippen LogP contribution in [0.2, 0.25) is 0 Å². The molecule has 2 atom stereocenters. The highest BCUT2D eigenvalue weighted by Gasteiger charge is 2.29. The molecule has 0 fully saturated rings. The minimum atomic E-state index is -0.922. The summed E-state index contributed by atoms with van der Waals surface area (Å²) < 4.78 is 0. The maximum atomic E-state index is 11.8. The van der Waals surface area contributed by atoms with Gasteiger partial charge in [0.05, 0.1) is 11.5 Å². The van der Waals surface area contributed by atoms with Crippen LogP contribution in [0.4, 0.5) is 0 Å². The summed E-state index contributed by atoms with van der Waals surface area (Å²) in [5, 5.41) is 11.6. The van der Waals surface area contributed by atoms with Crippen molar-refractivity contribution in [3.05, 3.63) is 0 Å². The minimum Gasteiger partial charge on any atom is -0.481 e. The van der Waals surface area contributed by atoms with Gasteiger partial charge in [0.1, 0.15) is 0 Å². The smallest absolute Gasteiger partial charge is 0.308 e. The Morgan fingerprint density at radius 2 is 1.94 bits per heavy atom. The molecule has 5 heteroatoms. The molecule has 0 aliphatic rings. The first-order valence-corrected chi connectivity index (χ1v) is 6.02. The molecule has 0 bridgehead atoms. The van der Waals surface area contributed by atoms with Crippen LogP contribution in [0.3, 0.4) is 0 Å². The van der Waals surface area contributed by atoms with E-state index in [1.54, 1.807) is 6.92 Å². The van der Waals surface area contributed by atoms with Gasteiger partial charge in [-0.2, -0.15) is 0 Å². The first-order valence-electron chi connectivity index (χ1n) is 6.02. The molecule has 4 N–H and O–H groups in total. The van der Waals surface area contributed by atoms with Crippen molar-refractivity contribution in [3.63, 3.8) is 0 Å². The number of hydrogen-bond acceptors (Lipinski definition) is 3. The molecule has 0 aromatic carbocycles. The first-order chi connectivity index (χ1) is 7.72. The zero-order valence-corrected chi connectivity index (χ0v) is 11.1. The Kier molecular flexibility index (Phi) is 6.16. The summed E-state index contributed by atoms with van der Waals surface area (Å²) in [5.74, 6) is -1.78. The molecule has 0 radical (unpaired) electrons. The Bertz CT molecular complexity index is 275. The second kappa shape index (κ2) is 6.59.